The fraction of sp³-hybridized carbons (Fsp3) is 0.345. The number of nitrogens with zero attached hydrogens (tertiary/aromatic N) is 5. The van der Waals surface area contributed by atoms with Crippen LogP contribution in [0.2, 0.25) is 0 Å². The van der Waals surface area contributed by atoms with E-state index in [1.807, 2.05) is 16.9 Å². The number of piperidine rings is 1. The van der Waals surface area contributed by atoms with Gasteiger partial charge in [0.1, 0.15) is 35.0 Å². The van der Waals surface area contributed by atoms with Gasteiger partial charge in [-0.1, -0.05) is 12.1 Å². The predicted octanol–water partition coefficient (Wildman–Crippen LogP) is 5.39. The quantitative estimate of drug-likeness (QED) is 0.214. The van der Waals surface area contributed by atoms with E-state index in [-0.39, 0.29) is 17.3 Å². The van der Waals surface area contributed by atoms with Gasteiger partial charge in [-0.3, -0.25) is 9.20 Å². The van der Waals surface area contributed by atoms with Gasteiger partial charge in [-0.2, -0.15) is 24.9 Å². The standard InChI is InChI=1S/C25H24F3N7O.C4H8OS/c1-34-11-2-3-17(14-34)23-33-20(21-22(29)31-10-12-35(21)23)15-4-6-16(7-5-15)24(36)32-19-13-18(8-9-30-19)25(26,27)28;1-6-4-2-3-5/h4-10,12-13,17H,2-3,11,14H2,1H3,(H2,29,31)(H,30,32,36);3H,2,4H2,1H3. The van der Waals surface area contributed by atoms with Crippen LogP contribution in [-0.4, -0.2) is 68.6 Å². The average Bonchev–Trinajstić information content (AvgIpc) is 3.37. The number of amides is 1. The molecule has 1 unspecified atom stereocenters. The highest BCUT2D eigenvalue weighted by molar-refractivity contribution is 7.98. The number of pyridine rings is 1. The number of hydrogen-bond acceptors (Lipinski definition) is 8. The molecule has 1 aromatic carbocycles. The molecule has 1 amide bonds. The Morgan fingerprint density at radius 3 is 2.60 bits per heavy atom. The number of hydrogen-bond donors (Lipinski definition) is 2. The van der Waals surface area contributed by atoms with Crippen LogP contribution in [0.5, 0.6) is 0 Å². The number of alkyl halides is 3. The summed E-state index contributed by atoms with van der Waals surface area (Å²) in [6.45, 7) is 1.94. The zero-order valence-electron chi connectivity index (χ0n) is 23.3. The molecule has 3 aromatic heterocycles. The first-order valence-corrected chi connectivity index (χ1v) is 14.7. The lowest BCUT2D eigenvalue weighted by Crippen LogP contribution is -2.31. The molecule has 1 aliphatic rings. The summed E-state index contributed by atoms with van der Waals surface area (Å²) in [5.74, 6) is 1.72. The van der Waals surface area contributed by atoms with E-state index in [0.717, 1.165) is 67.7 Å². The second-order valence-electron chi connectivity index (χ2n) is 9.86. The number of anilines is 2. The Bertz CT molecular complexity index is 1530. The summed E-state index contributed by atoms with van der Waals surface area (Å²) in [5, 5.41) is 2.42. The van der Waals surface area contributed by atoms with Gasteiger partial charge in [0, 0.05) is 48.6 Å². The third kappa shape index (κ3) is 7.45. The van der Waals surface area contributed by atoms with E-state index in [0.29, 0.717) is 23.4 Å². The first-order chi connectivity index (χ1) is 20.1. The number of carbonyl (C=O) groups is 2. The van der Waals surface area contributed by atoms with Crippen LogP contribution in [0.4, 0.5) is 24.8 Å². The lowest BCUT2D eigenvalue weighted by Gasteiger charge is -2.28. The minimum Gasteiger partial charge on any atom is -0.382 e. The Hall–Kier alpha value is -3.97. The summed E-state index contributed by atoms with van der Waals surface area (Å²) in [7, 11) is 2.09. The molecule has 4 aromatic rings. The van der Waals surface area contributed by atoms with Gasteiger partial charge in [-0.15, -0.1) is 0 Å². The Labute approximate surface area is 245 Å². The number of likely N-dealkylation sites (tertiary alicyclic amines) is 1. The van der Waals surface area contributed by atoms with Crippen molar-refractivity contribution in [2.45, 2.75) is 31.4 Å². The van der Waals surface area contributed by atoms with Crippen molar-refractivity contribution in [1.29, 1.82) is 0 Å². The SMILES string of the molecule is CN1CCCC(c2nc(-c3ccc(C(=O)Nc4cc(C(F)(F)F)ccn4)cc3)c3c(N)nccn23)C1.CSCCC=O. The minimum atomic E-state index is -4.53. The van der Waals surface area contributed by atoms with E-state index >= 15 is 0 Å². The summed E-state index contributed by atoms with van der Waals surface area (Å²) in [5.41, 5.74) is 7.72. The number of likely N-dealkylation sites (N-methyl/N-ethyl adjacent to an activating group) is 1. The minimum absolute atomic E-state index is 0.181. The van der Waals surface area contributed by atoms with Gasteiger partial charge >= 0.3 is 6.18 Å². The van der Waals surface area contributed by atoms with Crippen molar-refractivity contribution >= 4 is 41.1 Å². The van der Waals surface area contributed by atoms with Crippen LogP contribution in [-0.2, 0) is 11.0 Å². The van der Waals surface area contributed by atoms with Crippen molar-refractivity contribution in [2.24, 2.45) is 0 Å². The molecule has 9 nitrogen and oxygen atoms in total. The number of halogens is 3. The van der Waals surface area contributed by atoms with Gasteiger partial charge in [0.05, 0.1) is 5.56 Å². The summed E-state index contributed by atoms with van der Waals surface area (Å²) in [4.78, 5) is 37.5. The molecule has 1 saturated heterocycles. The summed E-state index contributed by atoms with van der Waals surface area (Å²) in [6, 6.07) is 8.29. The lowest BCUT2D eigenvalue weighted by atomic mass is 9.98. The van der Waals surface area contributed by atoms with Gasteiger partial charge in [-0.25, -0.2) is 15.0 Å². The molecule has 42 heavy (non-hydrogen) atoms. The largest absolute Gasteiger partial charge is 0.416 e. The van der Waals surface area contributed by atoms with E-state index in [4.69, 9.17) is 10.7 Å². The number of nitrogen functional groups attached to an aromatic ring is 1. The van der Waals surface area contributed by atoms with Crippen LogP contribution in [0.25, 0.3) is 16.8 Å². The number of fused-ring (bicyclic) bond motifs is 1. The van der Waals surface area contributed by atoms with E-state index in [9.17, 15) is 22.8 Å². The second-order valence-corrected chi connectivity index (χ2v) is 10.8. The first-order valence-electron chi connectivity index (χ1n) is 13.3. The van der Waals surface area contributed by atoms with Crippen molar-refractivity contribution in [2.75, 3.05) is 43.2 Å². The molecule has 3 N–H and O–H groups in total. The Kier molecular flexibility index (Phi) is 10.2. The first kappa shape index (κ1) is 31.0. The number of nitrogens with two attached hydrogens (primary N) is 1. The highest BCUT2D eigenvalue weighted by atomic mass is 32.2. The van der Waals surface area contributed by atoms with Crippen LogP contribution < -0.4 is 11.1 Å². The number of imidazole rings is 1. The fourth-order valence-corrected chi connectivity index (χ4v) is 5.09. The molecule has 4 heterocycles. The number of carbonyl (C=O) groups excluding carboxylic acids is 2. The monoisotopic (exact) mass is 599 g/mol. The highest BCUT2D eigenvalue weighted by Crippen LogP contribution is 2.34. The van der Waals surface area contributed by atoms with Gasteiger partial charge < -0.3 is 20.7 Å². The third-order valence-corrected chi connectivity index (χ3v) is 7.43. The number of aldehydes is 1. The molecule has 0 bridgehead atoms. The number of nitrogens with one attached hydrogen (secondary N) is 1. The maximum Gasteiger partial charge on any atom is 0.416 e. The van der Waals surface area contributed by atoms with Crippen molar-refractivity contribution in [1.82, 2.24) is 24.3 Å². The highest BCUT2D eigenvalue weighted by Gasteiger charge is 2.31. The average molecular weight is 600 g/mol. The van der Waals surface area contributed by atoms with Crippen molar-refractivity contribution < 1.29 is 22.8 Å². The molecule has 5 rings (SSSR count). The van der Waals surface area contributed by atoms with Crippen LogP contribution in [0, 0.1) is 0 Å². The Balaban J connectivity index is 0.000000612. The smallest absolute Gasteiger partial charge is 0.382 e. The van der Waals surface area contributed by atoms with Crippen molar-refractivity contribution in [3.63, 3.8) is 0 Å². The summed E-state index contributed by atoms with van der Waals surface area (Å²) >= 11 is 1.69. The summed E-state index contributed by atoms with van der Waals surface area (Å²) < 4.78 is 40.8. The second kappa shape index (κ2) is 13.8. The molecular weight excluding hydrogens is 567 g/mol. The zero-order valence-corrected chi connectivity index (χ0v) is 24.1. The third-order valence-electron chi connectivity index (χ3n) is 6.79. The molecule has 1 aliphatic heterocycles. The van der Waals surface area contributed by atoms with Gasteiger partial charge in [0.2, 0.25) is 0 Å². The van der Waals surface area contributed by atoms with Crippen molar-refractivity contribution in [3.8, 4) is 11.3 Å². The Morgan fingerprint density at radius 1 is 1.19 bits per heavy atom. The van der Waals surface area contributed by atoms with Crippen LogP contribution >= 0.6 is 11.8 Å². The van der Waals surface area contributed by atoms with Gasteiger partial charge in [-0.05, 0) is 62.7 Å². The van der Waals surface area contributed by atoms with E-state index < -0.39 is 17.6 Å². The maximum atomic E-state index is 12.9. The molecule has 13 heteroatoms. The van der Waals surface area contributed by atoms with Crippen molar-refractivity contribution in [3.05, 3.63) is 71.9 Å². The zero-order chi connectivity index (χ0) is 30.3. The normalized spacial score (nSPS) is 15.6. The molecule has 222 valence electrons. The van der Waals surface area contributed by atoms with Gasteiger partial charge in [0.25, 0.3) is 5.91 Å². The molecule has 1 fully saturated rings. The number of benzene rings is 1. The molecule has 0 saturated carbocycles. The topological polar surface area (TPSA) is 119 Å². The molecule has 0 radical (unpaired) electrons. The van der Waals surface area contributed by atoms with E-state index in [1.165, 1.54) is 0 Å². The number of aromatic nitrogens is 4. The predicted molar refractivity (Wildman–Crippen MR) is 159 cm³/mol. The van der Waals surface area contributed by atoms with Crippen LogP contribution in [0.1, 0.15) is 46.9 Å². The fourth-order valence-electron chi connectivity index (χ4n) is 4.76. The molecule has 1 atom stereocenters. The van der Waals surface area contributed by atoms with Crippen LogP contribution in [0.3, 0.4) is 0 Å². The van der Waals surface area contributed by atoms with Crippen LogP contribution in [0.15, 0.2) is 55.0 Å². The Morgan fingerprint density at radius 2 is 1.95 bits per heavy atom. The molecular formula is C29H32F3N7O2S. The number of rotatable bonds is 7. The number of thioether (sulfide) groups is 1. The molecule has 0 aliphatic carbocycles. The van der Waals surface area contributed by atoms with Gasteiger partial charge in [0.15, 0.2) is 0 Å². The maximum absolute atomic E-state index is 12.9. The summed E-state index contributed by atoms with van der Waals surface area (Å²) in [6.07, 6.45) is 5.71. The van der Waals surface area contributed by atoms with E-state index in [2.05, 4.69) is 27.2 Å². The molecule has 0 spiro atoms. The lowest BCUT2D eigenvalue weighted by molar-refractivity contribution is -0.137. The van der Waals surface area contributed by atoms with E-state index in [1.54, 1.807) is 42.2 Å².